The molecule has 1 N–H and O–H groups in total. The topological polar surface area (TPSA) is 86.8 Å². The molecule has 0 unspecified atom stereocenters. The molecule has 1 fully saturated rings. The van der Waals surface area contributed by atoms with Crippen molar-refractivity contribution in [3.05, 3.63) is 64.1 Å². The van der Waals surface area contributed by atoms with Gasteiger partial charge in [0.15, 0.2) is 0 Å². The van der Waals surface area contributed by atoms with Crippen LogP contribution in [0, 0.1) is 0 Å². The monoisotopic (exact) mass is 539 g/mol. The third kappa shape index (κ3) is 7.43. The number of nitrogens with zero attached hydrogens (tertiary/aromatic N) is 2. The molecule has 2 amide bonds. The zero-order chi connectivity index (χ0) is 25.6. The number of sulfonamides is 1. The second-order valence-corrected chi connectivity index (χ2v) is 11.8. The van der Waals surface area contributed by atoms with Crippen LogP contribution in [-0.4, -0.2) is 55.1 Å². The van der Waals surface area contributed by atoms with Crippen LogP contribution in [0.2, 0.25) is 10.0 Å². The van der Waals surface area contributed by atoms with Gasteiger partial charge in [0.1, 0.15) is 6.04 Å². The van der Waals surface area contributed by atoms with E-state index in [1.54, 1.807) is 25.1 Å². The van der Waals surface area contributed by atoms with E-state index in [0.717, 1.165) is 42.0 Å². The summed E-state index contributed by atoms with van der Waals surface area (Å²) < 4.78 is 27.0. The van der Waals surface area contributed by atoms with Gasteiger partial charge in [0.05, 0.1) is 11.4 Å². The van der Waals surface area contributed by atoms with Crippen molar-refractivity contribution in [2.24, 2.45) is 0 Å². The Hall–Kier alpha value is -2.13. The molecule has 0 bridgehead atoms. The molecule has 2 aromatic carbocycles. The average molecular weight is 541 g/mol. The minimum atomic E-state index is -3.93. The predicted octanol–water partition coefficient (Wildman–Crippen LogP) is 4.48. The van der Waals surface area contributed by atoms with Gasteiger partial charge in [-0.2, -0.15) is 4.31 Å². The molecule has 7 nitrogen and oxygen atoms in total. The first-order valence-electron chi connectivity index (χ1n) is 11.6. The quantitative estimate of drug-likeness (QED) is 0.508. The number of benzene rings is 2. The Morgan fingerprint density at radius 3 is 2.31 bits per heavy atom. The molecule has 0 spiro atoms. The highest BCUT2D eigenvalue weighted by molar-refractivity contribution is 7.89. The van der Waals surface area contributed by atoms with Gasteiger partial charge < -0.3 is 10.2 Å². The molecule has 3 rings (SSSR count). The molecule has 2 aromatic rings. The molecule has 0 aliphatic heterocycles. The van der Waals surface area contributed by atoms with Crippen molar-refractivity contribution < 1.29 is 18.0 Å². The van der Waals surface area contributed by atoms with E-state index < -0.39 is 28.5 Å². The Morgan fingerprint density at radius 2 is 1.69 bits per heavy atom. The van der Waals surface area contributed by atoms with E-state index in [0.29, 0.717) is 10.0 Å². The van der Waals surface area contributed by atoms with Crippen LogP contribution < -0.4 is 5.32 Å². The highest BCUT2D eigenvalue weighted by Crippen LogP contribution is 2.21. The van der Waals surface area contributed by atoms with Crippen molar-refractivity contribution in [2.75, 3.05) is 13.6 Å². The summed E-state index contributed by atoms with van der Waals surface area (Å²) >= 11 is 12.0. The van der Waals surface area contributed by atoms with Crippen molar-refractivity contribution >= 4 is 45.0 Å². The first-order chi connectivity index (χ1) is 16.6. The van der Waals surface area contributed by atoms with Gasteiger partial charge in [-0.15, -0.1) is 0 Å². The SMILES string of the molecule is C[C@@H](C(=O)NC1CCCCC1)N(Cc1cccc(Cl)c1)C(=O)CN(C)S(=O)(=O)c1ccc(Cl)cc1. The summed E-state index contributed by atoms with van der Waals surface area (Å²) in [5, 5.41) is 3.98. The molecule has 35 heavy (non-hydrogen) atoms. The van der Waals surface area contributed by atoms with Gasteiger partial charge in [-0.3, -0.25) is 9.59 Å². The number of likely N-dealkylation sites (N-methyl/N-ethyl adjacent to an activating group) is 1. The average Bonchev–Trinajstić information content (AvgIpc) is 2.83. The van der Waals surface area contributed by atoms with Gasteiger partial charge in [0.2, 0.25) is 21.8 Å². The van der Waals surface area contributed by atoms with Crippen molar-refractivity contribution in [1.82, 2.24) is 14.5 Å². The Labute approximate surface area is 217 Å². The van der Waals surface area contributed by atoms with E-state index >= 15 is 0 Å². The fourth-order valence-electron chi connectivity index (χ4n) is 4.14. The summed E-state index contributed by atoms with van der Waals surface area (Å²) in [6.45, 7) is 1.36. The molecule has 0 heterocycles. The molecular formula is C25H31Cl2N3O4S. The molecule has 0 radical (unpaired) electrons. The van der Waals surface area contributed by atoms with E-state index in [9.17, 15) is 18.0 Å². The lowest BCUT2D eigenvalue weighted by Gasteiger charge is -2.32. The second kappa shape index (κ2) is 12.2. The smallest absolute Gasteiger partial charge is 0.243 e. The maximum Gasteiger partial charge on any atom is 0.243 e. The molecule has 1 aliphatic rings. The molecular weight excluding hydrogens is 509 g/mol. The number of carbonyl (C=O) groups is 2. The summed E-state index contributed by atoms with van der Waals surface area (Å²) in [5.41, 5.74) is 0.742. The lowest BCUT2D eigenvalue weighted by Crippen LogP contribution is -2.52. The lowest BCUT2D eigenvalue weighted by atomic mass is 9.95. The van der Waals surface area contributed by atoms with Crippen LogP contribution in [0.3, 0.4) is 0 Å². The van der Waals surface area contributed by atoms with Crippen LogP contribution in [0.4, 0.5) is 0 Å². The van der Waals surface area contributed by atoms with E-state index in [2.05, 4.69) is 5.32 Å². The maximum atomic E-state index is 13.4. The Morgan fingerprint density at radius 1 is 1.03 bits per heavy atom. The molecule has 1 saturated carbocycles. The summed E-state index contributed by atoms with van der Waals surface area (Å²) in [6, 6.07) is 12.1. The van der Waals surface area contributed by atoms with E-state index in [4.69, 9.17) is 23.2 Å². The molecule has 1 aliphatic carbocycles. The van der Waals surface area contributed by atoms with Gasteiger partial charge in [-0.1, -0.05) is 54.6 Å². The summed E-state index contributed by atoms with van der Waals surface area (Å²) in [7, 11) is -2.59. The summed E-state index contributed by atoms with van der Waals surface area (Å²) in [6.07, 6.45) is 5.14. The van der Waals surface area contributed by atoms with Crippen LogP contribution in [0.25, 0.3) is 0 Å². The summed E-state index contributed by atoms with van der Waals surface area (Å²) in [4.78, 5) is 27.9. The maximum absolute atomic E-state index is 13.4. The molecule has 0 aromatic heterocycles. The second-order valence-electron chi connectivity index (χ2n) is 8.89. The third-order valence-corrected chi connectivity index (χ3v) is 8.55. The minimum absolute atomic E-state index is 0.0293. The van der Waals surface area contributed by atoms with Crippen molar-refractivity contribution in [2.45, 2.75) is 62.6 Å². The van der Waals surface area contributed by atoms with Crippen molar-refractivity contribution in [3.63, 3.8) is 0 Å². The van der Waals surface area contributed by atoms with E-state index in [1.165, 1.54) is 36.2 Å². The Bertz CT molecular complexity index is 1140. The number of rotatable bonds is 9. The van der Waals surface area contributed by atoms with Gasteiger partial charge in [-0.25, -0.2) is 8.42 Å². The zero-order valence-electron chi connectivity index (χ0n) is 19.9. The van der Waals surface area contributed by atoms with Gasteiger partial charge in [-0.05, 0) is 61.7 Å². The van der Waals surface area contributed by atoms with Crippen LogP contribution in [-0.2, 0) is 26.2 Å². The standard InChI is InChI=1S/C25H31Cl2N3O4S/c1-18(25(32)28-22-9-4-3-5-10-22)30(16-19-7-6-8-21(27)15-19)24(31)17-29(2)35(33,34)23-13-11-20(26)12-14-23/h6-8,11-15,18,22H,3-5,9-10,16-17H2,1-2H3,(H,28,32)/t18-/m0/s1. The Kier molecular flexibility index (Phi) is 9.58. The van der Waals surface area contributed by atoms with Crippen molar-refractivity contribution in [3.8, 4) is 0 Å². The Balaban J connectivity index is 1.79. The zero-order valence-corrected chi connectivity index (χ0v) is 22.2. The molecule has 0 saturated heterocycles. The number of amides is 2. The first kappa shape index (κ1) is 27.5. The predicted molar refractivity (Wildman–Crippen MR) is 138 cm³/mol. The fourth-order valence-corrected chi connectivity index (χ4v) is 5.60. The number of hydrogen-bond acceptors (Lipinski definition) is 4. The molecule has 1 atom stereocenters. The normalized spacial score (nSPS) is 15.6. The summed E-state index contributed by atoms with van der Waals surface area (Å²) in [5.74, 6) is -0.744. The molecule has 10 heteroatoms. The first-order valence-corrected chi connectivity index (χ1v) is 13.8. The lowest BCUT2D eigenvalue weighted by molar-refractivity contribution is -0.141. The van der Waals surface area contributed by atoms with Crippen LogP contribution in [0.15, 0.2) is 53.4 Å². The van der Waals surface area contributed by atoms with Crippen LogP contribution in [0.1, 0.15) is 44.6 Å². The number of hydrogen-bond donors (Lipinski definition) is 1. The van der Waals surface area contributed by atoms with Gasteiger partial charge in [0, 0.05) is 29.7 Å². The fraction of sp³-hybridized carbons (Fsp3) is 0.440. The number of carbonyl (C=O) groups excluding carboxylic acids is 2. The number of nitrogens with one attached hydrogen (secondary N) is 1. The van der Waals surface area contributed by atoms with E-state index in [1.807, 2.05) is 6.07 Å². The van der Waals surface area contributed by atoms with Crippen LogP contribution >= 0.6 is 23.2 Å². The number of halogens is 2. The van der Waals surface area contributed by atoms with E-state index in [-0.39, 0.29) is 23.4 Å². The highest BCUT2D eigenvalue weighted by Gasteiger charge is 2.31. The van der Waals surface area contributed by atoms with Crippen molar-refractivity contribution in [1.29, 1.82) is 0 Å². The minimum Gasteiger partial charge on any atom is -0.352 e. The highest BCUT2D eigenvalue weighted by atomic mass is 35.5. The third-order valence-electron chi connectivity index (χ3n) is 6.24. The van der Waals surface area contributed by atoms with Gasteiger partial charge in [0.25, 0.3) is 0 Å². The van der Waals surface area contributed by atoms with Crippen LogP contribution in [0.5, 0.6) is 0 Å². The molecule has 190 valence electrons. The largest absolute Gasteiger partial charge is 0.352 e. The van der Waals surface area contributed by atoms with Gasteiger partial charge >= 0.3 is 0 Å².